The minimum atomic E-state index is -0.840. The second kappa shape index (κ2) is 5.45. The fourth-order valence-electron chi connectivity index (χ4n) is 2.15. The molecular formula is C13H17NO2S. The molecule has 92 valence electrons. The summed E-state index contributed by atoms with van der Waals surface area (Å²) in [5.41, 5.74) is 2.78. The molecule has 1 aliphatic rings. The van der Waals surface area contributed by atoms with Gasteiger partial charge in [-0.05, 0) is 35.9 Å². The van der Waals surface area contributed by atoms with Crippen molar-refractivity contribution < 1.29 is 9.90 Å². The lowest BCUT2D eigenvalue weighted by Crippen LogP contribution is -2.23. The van der Waals surface area contributed by atoms with E-state index in [-0.39, 0.29) is 0 Å². The second-order valence-corrected chi connectivity index (χ2v) is 5.48. The van der Waals surface area contributed by atoms with Crippen molar-refractivity contribution in [2.24, 2.45) is 0 Å². The number of carbonyl (C=O) groups is 1. The first-order valence-electron chi connectivity index (χ1n) is 5.91. The lowest BCUT2D eigenvalue weighted by Gasteiger charge is -2.18. The van der Waals surface area contributed by atoms with Gasteiger partial charge in [0.05, 0.1) is 5.56 Å². The molecule has 0 saturated carbocycles. The molecule has 0 aliphatic carbocycles. The highest BCUT2D eigenvalue weighted by atomic mass is 32.2. The second-order valence-electron chi connectivity index (χ2n) is 4.08. The Bertz CT molecular complexity index is 420. The zero-order valence-corrected chi connectivity index (χ0v) is 10.8. The molecule has 17 heavy (non-hydrogen) atoms. The molecule has 3 nitrogen and oxygen atoms in total. The van der Waals surface area contributed by atoms with E-state index >= 15 is 0 Å². The average molecular weight is 251 g/mol. The summed E-state index contributed by atoms with van der Waals surface area (Å²) in [6, 6.07) is 5.46. The van der Waals surface area contributed by atoms with Crippen molar-refractivity contribution in [1.82, 2.24) is 0 Å². The van der Waals surface area contributed by atoms with Crippen molar-refractivity contribution in [3.8, 4) is 0 Å². The van der Waals surface area contributed by atoms with Gasteiger partial charge in [0, 0.05) is 24.5 Å². The number of fused-ring (bicyclic) bond motifs is 1. The van der Waals surface area contributed by atoms with E-state index < -0.39 is 5.97 Å². The Morgan fingerprint density at radius 1 is 1.53 bits per heavy atom. The Labute approximate surface area is 106 Å². The van der Waals surface area contributed by atoms with Gasteiger partial charge in [0.15, 0.2) is 0 Å². The predicted octanol–water partition coefficient (Wildman–Crippen LogP) is 2.50. The molecule has 0 radical (unpaired) electrons. The third-order valence-corrected chi connectivity index (χ3v) is 3.91. The fourth-order valence-corrected chi connectivity index (χ4v) is 2.79. The molecule has 4 heteroatoms. The Morgan fingerprint density at radius 2 is 2.35 bits per heavy atom. The Balaban J connectivity index is 2.08. The zero-order valence-electron chi connectivity index (χ0n) is 9.98. The van der Waals surface area contributed by atoms with E-state index in [0.29, 0.717) is 5.56 Å². The number of thioether (sulfide) groups is 1. The topological polar surface area (TPSA) is 40.5 Å². The minimum absolute atomic E-state index is 0.397. The number of anilines is 1. The van der Waals surface area contributed by atoms with Crippen molar-refractivity contribution in [3.05, 3.63) is 29.3 Å². The molecule has 0 atom stereocenters. The van der Waals surface area contributed by atoms with Crippen molar-refractivity contribution in [1.29, 1.82) is 0 Å². The van der Waals surface area contributed by atoms with Crippen molar-refractivity contribution >= 4 is 23.4 Å². The standard InChI is InChI=1S/C13H17NO2S/c1-2-17-8-7-14-6-5-10-9-11(13(15)16)3-4-12(10)14/h3-4,9H,2,5-8H2,1H3,(H,15,16). The number of carboxylic acid groups (broad SMARTS) is 1. The van der Waals surface area contributed by atoms with E-state index in [1.807, 2.05) is 23.9 Å². The molecule has 0 fully saturated rings. The van der Waals surface area contributed by atoms with Crippen LogP contribution in [-0.2, 0) is 6.42 Å². The molecular weight excluding hydrogens is 234 g/mol. The number of nitrogens with zero attached hydrogens (tertiary/aromatic N) is 1. The van der Waals surface area contributed by atoms with Gasteiger partial charge in [-0.1, -0.05) is 6.92 Å². The van der Waals surface area contributed by atoms with Crippen LogP contribution in [0, 0.1) is 0 Å². The summed E-state index contributed by atoms with van der Waals surface area (Å²) in [5.74, 6) is 1.45. The van der Waals surface area contributed by atoms with E-state index in [9.17, 15) is 4.79 Å². The first-order chi connectivity index (χ1) is 8.22. The van der Waals surface area contributed by atoms with Gasteiger partial charge >= 0.3 is 5.97 Å². The van der Waals surface area contributed by atoms with Crippen molar-refractivity contribution in [2.45, 2.75) is 13.3 Å². The van der Waals surface area contributed by atoms with Gasteiger partial charge in [0.25, 0.3) is 0 Å². The summed E-state index contributed by atoms with van der Waals surface area (Å²) in [4.78, 5) is 13.2. The first kappa shape index (κ1) is 12.3. The van der Waals surface area contributed by atoms with Gasteiger partial charge in [0.1, 0.15) is 0 Å². The molecule has 0 bridgehead atoms. The summed E-state index contributed by atoms with van der Waals surface area (Å²) in [5, 5.41) is 8.94. The van der Waals surface area contributed by atoms with Crippen LogP contribution in [0.5, 0.6) is 0 Å². The third-order valence-electron chi connectivity index (χ3n) is 3.03. The van der Waals surface area contributed by atoms with Crippen LogP contribution in [0.3, 0.4) is 0 Å². The maximum atomic E-state index is 10.9. The molecule has 1 aliphatic heterocycles. The molecule has 1 heterocycles. The van der Waals surface area contributed by atoms with E-state index in [1.54, 1.807) is 6.07 Å². The third kappa shape index (κ3) is 2.75. The minimum Gasteiger partial charge on any atom is -0.478 e. The highest BCUT2D eigenvalue weighted by molar-refractivity contribution is 7.99. The molecule has 0 saturated heterocycles. The highest BCUT2D eigenvalue weighted by Crippen LogP contribution is 2.28. The number of hydrogen-bond acceptors (Lipinski definition) is 3. The highest BCUT2D eigenvalue weighted by Gasteiger charge is 2.19. The van der Waals surface area contributed by atoms with Crippen LogP contribution in [0.25, 0.3) is 0 Å². The van der Waals surface area contributed by atoms with Gasteiger partial charge in [-0.15, -0.1) is 0 Å². The number of rotatable bonds is 5. The zero-order chi connectivity index (χ0) is 12.3. The molecule has 0 spiro atoms. The summed E-state index contributed by atoms with van der Waals surface area (Å²) >= 11 is 1.94. The maximum absolute atomic E-state index is 10.9. The normalized spacial score (nSPS) is 13.8. The number of carboxylic acids is 1. The molecule has 0 unspecified atom stereocenters. The lowest BCUT2D eigenvalue weighted by molar-refractivity contribution is 0.0697. The number of hydrogen-bond donors (Lipinski definition) is 1. The van der Waals surface area contributed by atoms with Gasteiger partial charge in [0.2, 0.25) is 0 Å². The van der Waals surface area contributed by atoms with E-state index in [2.05, 4.69) is 11.8 Å². The van der Waals surface area contributed by atoms with Crippen LogP contribution < -0.4 is 4.90 Å². The monoisotopic (exact) mass is 251 g/mol. The molecule has 1 aromatic carbocycles. The Kier molecular flexibility index (Phi) is 3.94. The van der Waals surface area contributed by atoms with E-state index in [4.69, 9.17) is 5.11 Å². The quantitative estimate of drug-likeness (QED) is 0.816. The maximum Gasteiger partial charge on any atom is 0.335 e. The number of aromatic carboxylic acids is 1. The van der Waals surface area contributed by atoms with Gasteiger partial charge < -0.3 is 10.0 Å². The van der Waals surface area contributed by atoms with E-state index in [0.717, 1.165) is 31.0 Å². The number of benzene rings is 1. The van der Waals surface area contributed by atoms with Gasteiger partial charge in [-0.25, -0.2) is 4.79 Å². The fraction of sp³-hybridized carbons (Fsp3) is 0.462. The molecule has 2 rings (SSSR count). The Morgan fingerprint density at radius 3 is 3.06 bits per heavy atom. The molecule has 1 aromatic rings. The SMILES string of the molecule is CCSCCN1CCc2cc(C(=O)O)ccc21. The predicted molar refractivity (Wildman–Crippen MR) is 72.3 cm³/mol. The summed E-state index contributed by atoms with van der Waals surface area (Å²) in [7, 11) is 0. The van der Waals surface area contributed by atoms with Crippen LogP contribution in [0.1, 0.15) is 22.8 Å². The molecule has 0 amide bonds. The van der Waals surface area contributed by atoms with Gasteiger partial charge in [-0.2, -0.15) is 11.8 Å². The van der Waals surface area contributed by atoms with Crippen molar-refractivity contribution in [2.75, 3.05) is 29.5 Å². The van der Waals surface area contributed by atoms with Crippen LogP contribution in [0.4, 0.5) is 5.69 Å². The first-order valence-corrected chi connectivity index (χ1v) is 7.06. The summed E-state index contributed by atoms with van der Waals surface area (Å²) < 4.78 is 0. The lowest BCUT2D eigenvalue weighted by atomic mass is 10.1. The largest absolute Gasteiger partial charge is 0.478 e. The summed E-state index contributed by atoms with van der Waals surface area (Å²) in [6.07, 6.45) is 0.966. The van der Waals surface area contributed by atoms with Crippen LogP contribution in [0.15, 0.2) is 18.2 Å². The van der Waals surface area contributed by atoms with E-state index in [1.165, 1.54) is 11.3 Å². The van der Waals surface area contributed by atoms with Gasteiger partial charge in [-0.3, -0.25) is 0 Å². The van der Waals surface area contributed by atoms with Crippen molar-refractivity contribution in [3.63, 3.8) is 0 Å². The van der Waals surface area contributed by atoms with Crippen LogP contribution >= 0.6 is 11.8 Å². The van der Waals surface area contributed by atoms with Crippen LogP contribution in [0.2, 0.25) is 0 Å². The summed E-state index contributed by atoms with van der Waals surface area (Å²) in [6.45, 7) is 4.24. The Hall–Kier alpha value is -1.16. The molecule has 0 aromatic heterocycles. The molecule has 1 N–H and O–H groups in total. The smallest absolute Gasteiger partial charge is 0.335 e. The average Bonchev–Trinajstić information content (AvgIpc) is 2.72. The van der Waals surface area contributed by atoms with Crippen LogP contribution in [-0.4, -0.2) is 35.7 Å².